The Kier molecular flexibility index (Phi) is 3.28. The molecule has 0 heterocycles. The van der Waals surface area contributed by atoms with Crippen molar-refractivity contribution in [3.8, 4) is 22.6 Å². The Bertz CT molecular complexity index is 516. The molecule has 0 amide bonds. The molecule has 2 aromatic carbocycles. The van der Waals surface area contributed by atoms with Gasteiger partial charge in [-0.05, 0) is 24.3 Å². The molecule has 0 bridgehead atoms. The van der Waals surface area contributed by atoms with Crippen molar-refractivity contribution >= 4 is 11.4 Å². The zero-order chi connectivity index (χ0) is 13.1. The standard InChI is InChI=1S/C14H16N2O2/c1-17-11-7-3-5-9(15)13(11)14-10(16)6-4-8-12(14)18-2/h3-8H,15-16H2,1-2H3. The summed E-state index contributed by atoms with van der Waals surface area (Å²) in [4.78, 5) is 0. The van der Waals surface area contributed by atoms with E-state index >= 15 is 0 Å². The van der Waals surface area contributed by atoms with Crippen molar-refractivity contribution < 1.29 is 9.47 Å². The molecule has 0 aliphatic carbocycles. The molecule has 0 saturated carbocycles. The molecule has 0 saturated heterocycles. The second-order valence-electron chi connectivity index (χ2n) is 3.85. The Morgan fingerprint density at radius 1 is 0.722 bits per heavy atom. The Morgan fingerprint density at radius 2 is 1.11 bits per heavy atom. The zero-order valence-electron chi connectivity index (χ0n) is 10.4. The molecule has 2 aromatic rings. The van der Waals surface area contributed by atoms with Crippen LogP contribution in [0.5, 0.6) is 11.5 Å². The summed E-state index contributed by atoms with van der Waals surface area (Å²) in [6, 6.07) is 11.0. The molecule has 0 aliphatic heterocycles. The first-order valence-corrected chi connectivity index (χ1v) is 5.54. The molecule has 4 N–H and O–H groups in total. The Labute approximate surface area is 106 Å². The van der Waals surface area contributed by atoms with Crippen LogP contribution < -0.4 is 20.9 Å². The van der Waals surface area contributed by atoms with Crippen LogP contribution in [0.25, 0.3) is 11.1 Å². The number of nitrogen functional groups attached to an aromatic ring is 2. The summed E-state index contributed by atoms with van der Waals surface area (Å²) in [5, 5.41) is 0. The molecular weight excluding hydrogens is 228 g/mol. The number of anilines is 2. The fourth-order valence-electron chi connectivity index (χ4n) is 1.97. The molecule has 0 aromatic heterocycles. The summed E-state index contributed by atoms with van der Waals surface area (Å²) in [5.41, 5.74) is 14.8. The lowest BCUT2D eigenvalue weighted by atomic mass is 9.99. The van der Waals surface area contributed by atoms with Crippen molar-refractivity contribution in [2.75, 3.05) is 25.7 Å². The molecule has 0 atom stereocenters. The number of hydrogen-bond acceptors (Lipinski definition) is 4. The molecule has 94 valence electrons. The summed E-state index contributed by atoms with van der Waals surface area (Å²) in [6.07, 6.45) is 0. The van der Waals surface area contributed by atoms with E-state index in [-0.39, 0.29) is 0 Å². The molecule has 2 rings (SSSR count). The van der Waals surface area contributed by atoms with Crippen LogP contribution >= 0.6 is 0 Å². The molecule has 18 heavy (non-hydrogen) atoms. The van der Waals surface area contributed by atoms with Crippen LogP contribution in [0.1, 0.15) is 0 Å². The smallest absolute Gasteiger partial charge is 0.128 e. The van der Waals surface area contributed by atoms with Crippen molar-refractivity contribution in [3.05, 3.63) is 36.4 Å². The topological polar surface area (TPSA) is 70.5 Å². The molecule has 0 radical (unpaired) electrons. The van der Waals surface area contributed by atoms with Gasteiger partial charge in [-0.2, -0.15) is 0 Å². The van der Waals surface area contributed by atoms with Gasteiger partial charge in [-0.15, -0.1) is 0 Å². The SMILES string of the molecule is COc1cccc(N)c1-c1c(N)cccc1OC. The molecule has 0 unspecified atom stereocenters. The average Bonchev–Trinajstić information content (AvgIpc) is 2.38. The van der Waals surface area contributed by atoms with E-state index in [4.69, 9.17) is 20.9 Å². The molecule has 0 spiro atoms. The minimum atomic E-state index is 0.602. The van der Waals surface area contributed by atoms with Gasteiger partial charge in [0.05, 0.1) is 25.3 Å². The van der Waals surface area contributed by atoms with Crippen molar-refractivity contribution in [2.24, 2.45) is 0 Å². The van der Waals surface area contributed by atoms with Gasteiger partial charge < -0.3 is 20.9 Å². The first-order valence-electron chi connectivity index (χ1n) is 5.54. The average molecular weight is 244 g/mol. The van der Waals surface area contributed by atoms with Gasteiger partial charge in [0.2, 0.25) is 0 Å². The number of nitrogens with two attached hydrogens (primary N) is 2. The predicted molar refractivity (Wildman–Crippen MR) is 73.8 cm³/mol. The number of hydrogen-bond donors (Lipinski definition) is 2. The van der Waals surface area contributed by atoms with Crippen LogP contribution in [-0.2, 0) is 0 Å². The maximum Gasteiger partial charge on any atom is 0.128 e. The number of rotatable bonds is 3. The van der Waals surface area contributed by atoms with Crippen LogP contribution in [0.3, 0.4) is 0 Å². The fourth-order valence-corrected chi connectivity index (χ4v) is 1.97. The van der Waals surface area contributed by atoms with Gasteiger partial charge in [0.15, 0.2) is 0 Å². The van der Waals surface area contributed by atoms with E-state index < -0.39 is 0 Å². The van der Waals surface area contributed by atoms with Crippen LogP contribution in [0.15, 0.2) is 36.4 Å². The summed E-state index contributed by atoms with van der Waals surface area (Å²) in [5.74, 6) is 1.34. The van der Waals surface area contributed by atoms with Crippen molar-refractivity contribution in [1.29, 1.82) is 0 Å². The zero-order valence-corrected chi connectivity index (χ0v) is 10.4. The maximum absolute atomic E-state index is 6.03. The number of methoxy groups -OCH3 is 2. The van der Waals surface area contributed by atoms with Gasteiger partial charge in [-0.1, -0.05) is 12.1 Å². The first-order chi connectivity index (χ1) is 8.69. The second-order valence-corrected chi connectivity index (χ2v) is 3.85. The summed E-state index contributed by atoms with van der Waals surface area (Å²) >= 11 is 0. The lowest BCUT2D eigenvalue weighted by Gasteiger charge is -2.16. The van der Waals surface area contributed by atoms with Gasteiger partial charge in [-0.3, -0.25) is 0 Å². The lowest BCUT2D eigenvalue weighted by Crippen LogP contribution is -1.99. The maximum atomic E-state index is 6.03. The Balaban J connectivity index is 2.76. The Morgan fingerprint density at radius 3 is 1.44 bits per heavy atom. The van der Waals surface area contributed by atoms with Crippen LogP contribution in [-0.4, -0.2) is 14.2 Å². The predicted octanol–water partition coefficient (Wildman–Crippen LogP) is 2.54. The van der Waals surface area contributed by atoms with Crippen LogP contribution in [0, 0.1) is 0 Å². The largest absolute Gasteiger partial charge is 0.496 e. The molecule has 4 heteroatoms. The quantitative estimate of drug-likeness (QED) is 0.814. The van der Waals surface area contributed by atoms with Crippen molar-refractivity contribution in [2.45, 2.75) is 0 Å². The highest BCUT2D eigenvalue weighted by Gasteiger charge is 2.16. The van der Waals surface area contributed by atoms with Gasteiger partial charge in [0.25, 0.3) is 0 Å². The minimum Gasteiger partial charge on any atom is -0.496 e. The summed E-state index contributed by atoms with van der Waals surface area (Å²) < 4.78 is 10.7. The third kappa shape index (κ3) is 1.93. The van der Waals surface area contributed by atoms with Gasteiger partial charge >= 0.3 is 0 Å². The van der Waals surface area contributed by atoms with Crippen molar-refractivity contribution in [1.82, 2.24) is 0 Å². The monoisotopic (exact) mass is 244 g/mol. The first kappa shape index (κ1) is 12.1. The number of benzene rings is 2. The molecule has 0 fully saturated rings. The van der Waals surface area contributed by atoms with Gasteiger partial charge in [0, 0.05) is 11.4 Å². The van der Waals surface area contributed by atoms with E-state index in [1.165, 1.54) is 0 Å². The second kappa shape index (κ2) is 4.87. The highest BCUT2D eigenvalue weighted by atomic mass is 16.5. The lowest BCUT2D eigenvalue weighted by molar-refractivity contribution is 0.410. The third-order valence-corrected chi connectivity index (χ3v) is 2.81. The highest BCUT2D eigenvalue weighted by molar-refractivity contribution is 5.92. The van der Waals surface area contributed by atoms with Crippen LogP contribution in [0.4, 0.5) is 11.4 Å². The minimum absolute atomic E-state index is 0.602. The van der Waals surface area contributed by atoms with Crippen LogP contribution in [0.2, 0.25) is 0 Å². The van der Waals surface area contributed by atoms with E-state index in [2.05, 4.69) is 0 Å². The van der Waals surface area contributed by atoms with Crippen molar-refractivity contribution in [3.63, 3.8) is 0 Å². The van der Waals surface area contributed by atoms with E-state index in [1.54, 1.807) is 14.2 Å². The fraction of sp³-hybridized carbons (Fsp3) is 0.143. The Hall–Kier alpha value is -2.36. The van der Waals surface area contributed by atoms with E-state index in [0.717, 1.165) is 11.1 Å². The van der Waals surface area contributed by atoms with Gasteiger partial charge in [-0.25, -0.2) is 0 Å². The normalized spacial score (nSPS) is 10.1. The third-order valence-electron chi connectivity index (χ3n) is 2.81. The number of ether oxygens (including phenoxy) is 2. The van der Waals surface area contributed by atoms with E-state index in [9.17, 15) is 0 Å². The highest BCUT2D eigenvalue weighted by Crippen LogP contribution is 2.43. The summed E-state index contributed by atoms with van der Waals surface area (Å²) in [7, 11) is 3.20. The van der Waals surface area contributed by atoms with E-state index in [0.29, 0.717) is 22.9 Å². The molecular formula is C14H16N2O2. The summed E-state index contributed by atoms with van der Waals surface area (Å²) in [6.45, 7) is 0. The molecule has 0 aliphatic rings. The molecule has 4 nitrogen and oxygen atoms in total. The van der Waals surface area contributed by atoms with E-state index in [1.807, 2.05) is 36.4 Å². The van der Waals surface area contributed by atoms with Gasteiger partial charge in [0.1, 0.15) is 11.5 Å².